The molecule has 1 aliphatic heterocycles. The third-order valence-corrected chi connectivity index (χ3v) is 9.87. The Morgan fingerprint density at radius 2 is 1.78 bits per heavy atom. The zero-order chi connectivity index (χ0) is 22.5. The number of hydrogen-bond donors (Lipinski definition) is 1. The molecule has 32 heavy (non-hydrogen) atoms. The zero-order valence-electron chi connectivity index (χ0n) is 18.4. The Bertz CT molecular complexity index is 982. The van der Waals surface area contributed by atoms with Crippen molar-refractivity contribution in [3.63, 3.8) is 0 Å². The summed E-state index contributed by atoms with van der Waals surface area (Å²) in [5.74, 6) is 0.656. The Balaban J connectivity index is 1.26. The topological polar surface area (TPSA) is 96.0 Å². The van der Waals surface area contributed by atoms with Gasteiger partial charge in [-0.3, -0.25) is 13.9 Å². The van der Waals surface area contributed by atoms with E-state index in [0.717, 1.165) is 32.1 Å². The van der Waals surface area contributed by atoms with Crippen molar-refractivity contribution in [1.82, 2.24) is 9.62 Å². The number of amides is 1. The number of carbonyl (C=O) groups excluding carboxylic acids is 2. The summed E-state index contributed by atoms with van der Waals surface area (Å²) >= 11 is 0. The fourth-order valence-corrected chi connectivity index (χ4v) is 8.56. The van der Waals surface area contributed by atoms with Gasteiger partial charge < -0.3 is 10.1 Å². The van der Waals surface area contributed by atoms with Crippen molar-refractivity contribution in [3.05, 3.63) is 30.3 Å². The molecule has 1 saturated heterocycles. The fraction of sp³-hybridized carbons (Fsp3) is 0.652. The van der Waals surface area contributed by atoms with E-state index in [1.54, 1.807) is 12.1 Å². The first-order chi connectivity index (χ1) is 15.3. The minimum atomic E-state index is -3.75. The summed E-state index contributed by atoms with van der Waals surface area (Å²) in [5.41, 5.74) is 0.227. The van der Waals surface area contributed by atoms with Crippen LogP contribution in [0.4, 0.5) is 5.69 Å². The molecule has 5 aliphatic rings. The highest BCUT2D eigenvalue weighted by molar-refractivity contribution is 7.90. The highest BCUT2D eigenvalue weighted by atomic mass is 32.2. The molecule has 4 bridgehead atoms. The number of ether oxygens (including phenoxy) is 1. The van der Waals surface area contributed by atoms with E-state index >= 15 is 0 Å². The number of nitrogens with one attached hydrogen (secondary N) is 1. The summed E-state index contributed by atoms with van der Waals surface area (Å²) in [6.45, 7) is 0.575. The molecule has 4 saturated carbocycles. The lowest BCUT2D eigenvalue weighted by molar-refractivity contribution is -0.171. The van der Waals surface area contributed by atoms with E-state index in [4.69, 9.17) is 4.74 Å². The maximum atomic E-state index is 13.2. The van der Waals surface area contributed by atoms with Gasteiger partial charge in [-0.1, -0.05) is 18.2 Å². The predicted octanol–water partition coefficient (Wildman–Crippen LogP) is 1.93. The molecule has 1 amide bonds. The van der Waals surface area contributed by atoms with Gasteiger partial charge in [-0.15, -0.1) is 0 Å². The number of methoxy groups -OCH3 is 1. The third-order valence-electron chi connectivity index (χ3n) is 7.96. The first-order valence-electron chi connectivity index (χ1n) is 11.5. The number of esters is 1. The molecule has 2 unspecified atom stereocenters. The number of rotatable bonds is 5. The smallest absolute Gasteiger partial charge is 0.311 e. The second-order valence-corrected chi connectivity index (χ2v) is 11.8. The van der Waals surface area contributed by atoms with Crippen LogP contribution in [0.1, 0.15) is 38.5 Å². The van der Waals surface area contributed by atoms with E-state index in [0.29, 0.717) is 31.1 Å². The lowest BCUT2D eigenvalue weighted by atomic mass is 9.48. The van der Waals surface area contributed by atoms with Crippen LogP contribution in [-0.4, -0.2) is 57.4 Å². The van der Waals surface area contributed by atoms with Crippen molar-refractivity contribution in [2.45, 2.75) is 44.6 Å². The van der Waals surface area contributed by atoms with Crippen molar-refractivity contribution < 1.29 is 22.7 Å². The van der Waals surface area contributed by atoms with E-state index in [-0.39, 0.29) is 36.3 Å². The molecule has 5 fully saturated rings. The second kappa shape index (κ2) is 8.02. The summed E-state index contributed by atoms with van der Waals surface area (Å²) in [6, 6.07) is 9.02. The summed E-state index contributed by atoms with van der Waals surface area (Å²) in [7, 11) is -2.30. The van der Waals surface area contributed by atoms with Crippen molar-refractivity contribution in [1.29, 1.82) is 0 Å². The molecule has 9 heteroatoms. The van der Waals surface area contributed by atoms with E-state index in [1.807, 2.05) is 18.2 Å². The average molecular weight is 462 g/mol. The molecule has 4 aliphatic carbocycles. The van der Waals surface area contributed by atoms with Crippen molar-refractivity contribution in [2.75, 3.05) is 31.0 Å². The van der Waals surface area contributed by atoms with E-state index < -0.39 is 15.6 Å². The van der Waals surface area contributed by atoms with Crippen LogP contribution in [0.15, 0.2) is 30.3 Å². The molecule has 1 aromatic rings. The first kappa shape index (κ1) is 21.7. The minimum Gasteiger partial charge on any atom is -0.469 e. The van der Waals surface area contributed by atoms with Crippen LogP contribution < -0.4 is 9.62 Å². The quantitative estimate of drug-likeness (QED) is 0.676. The van der Waals surface area contributed by atoms with Gasteiger partial charge >= 0.3 is 16.2 Å². The lowest BCUT2D eigenvalue weighted by Gasteiger charge is -2.58. The van der Waals surface area contributed by atoms with E-state index in [2.05, 4.69) is 5.32 Å². The maximum Gasteiger partial charge on any atom is 0.311 e. The van der Waals surface area contributed by atoms with Crippen LogP contribution in [0.25, 0.3) is 0 Å². The molecular formula is C23H31N3O5S. The van der Waals surface area contributed by atoms with Gasteiger partial charge in [0.15, 0.2) is 0 Å². The van der Waals surface area contributed by atoms with Crippen molar-refractivity contribution in [3.8, 4) is 0 Å². The van der Waals surface area contributed by atoms with Crippen LogP contribution >= 0.6 is 0 Å². The molecule has 1 heterocycles. The molecule has 1 aromatic carbocycles. The molecule has 2 atom stereocenters. The Morgan fingerprint density at radius 3 is 2.44 bits per heavy atom. The van der Waals surface area contributed by atoms with Crippen molar-refractivity contribution >= 4 is 27.8 Å². The fourth-order valence-electron chi connectivity index (χ4n) is 6.90. The molecular weight excluding hydrogens is 430 g/mol. The van der Waals surface area contributed by atoms with Gasteiger partial charge in [0.1, 0.15) is 0 Å². The number of anilines is 1. The average Bonchev–Trinajstić information content (AvgIpc) is 2.77. The number of carbonyl (C=O) groups is 2. The Morgan fingerprint density at radius 1 is 1.09 bits per heavy atom. The zero-order valence-corrected chi connectivity index (χ0v) is 19.2. The Hall–Kier alpha value is -2.13. The molecule has 6 rings (SSSR count). The summed E-state index contributed by atoms with van der Waals surface area (Å²) in [4.78, 5) is 25.5. The third kappa shape index (κ3) is 3.59. The van der Waals surface area contributed by atoms with Gasteiger partial charge in [-0.2, -0.15) is 12.7 Å². The highest BCUT2D eigenvalue weighted by Gasteiger charge is 2.59. The Kier molecular flexibility index (Phi) is 5.44. The van der Waals surface area contributed by atoms with Gasteiger partial charge in [0, 0.05) is 19.1 Å². The summed E-state index contributed by atoms with van der Waals surface area (Å²) in [5, 5.41) is 3.16. The largest absolute Gasteiger partial charge is 0.469 e. The molecule has 1 N–H and O–H groups in total. The first-order valence-corrected chi connectivity index (χ1v) is 12.9. The number of nitrogens with zero attached hydrogens (tertiary/aromatic N) is 2. The maximum absolute atomic E-state index is 13.2. The van der Waals surface area contributed by atoms with Crippen molar-refractivity contribution in [2.24, 2.45) is 23.2 Å². The predicted molar refractivity (Wildman–Crippen MR) is 119 cm³/mol. The molecule has 174 valence electrons. The minimum absolute atomic E-state index is 0.00884. The lowest BCUT2D eigenvalue weighted by Crippen LogP contribution is -2.62. The van der Waals surface area contributed by atoms with Crippen LogP contribution in [-0.2, 0) is 24.5 Å². The van der Waals surface area contributed by atoms with Gasteiger partial charge in [-0.25, -0.2) is 0 Å². The number of benzene rings is 1. The van der Waals surface area contributed by atoms with Crippen LogP contribution in [0, 0.1) is 23.2 Å². The second-order valence-electron chi connectivity index (χ2n) is 9.94. The monoisotopic (exact) mass is 461 g/mol. The number of hydrogen-bond acceptors (Lipinski definition) is 5. The molecule has 0 radical (unpaired) electrons. The Labute approximate surface area is 189 Å². The van der Waals surface area contributed by atoms with Gasteiger partial charge in [-0.05, 0) is 68.4 Å². The van der Waals surface area contributed by atoms with Gasteiger partial charge in [0.25, 0.3) is 0 Å². The summed E-state index contributed by atoms with van der Waals surface area (Å²) < 4.78 is 34.1. The highest BCUT2D eigenvalue weighted by Crippen LogP contribution is 2.60. The van der Waals surface area contributed by atoms with Crippen LogP contribution in [0.3, 0.4) is 0 Å². The summed E-state index contributed by atoms with van der Waals surface area (Å²) in [6.07, 6.45) is 5.10. The van der Waals surface area contributed by atoms with E-state index in [1.165, 1.54) is 15.7 Å². The molecule has 0 spiro atoms. The normalized spacial score (nSPS) is 35.5. The van der Waals surface area contributed by atoms with Gasteiger partial charge in [0.05, 0.1) is 24.8 Å². The SMILES string of the molecule is COC(=O)C12CC3CC(C1)C(NC(=O)CN1CCCN(c4ccccc4)S1(=O)=O)C(C3)C2. The van der Waals surface area contributed by atoms with Crippen LogP contribution in [0.5, 0.6) is 0 Å². The molecule has 0 aromatic heterocycles. The number of para-hydroxylation sites is 1. The molecule has 8 nitrogen and oxygen atoms in total. The van der Waals surface area contributed by atoms with E-state index in [9.17, 15) is 18.0 Å². The van der Waals surface area contributed by atoms with Gasteiger partial charge in [0.2, 0.25) is 5.91 Å². The van der Waals surface area contributed by atoms with Crippen LogP contribution in [0.2, 0.25) is 0 Å². The standard InChI is InChI=1S/C23H31N3O5S/c1-31-22(28)23-12-16-10-17(13-23)21(18(11-16)14-23)24-20(27)15-25-8-5-9-26(32(25,29)30)19-6-3-2-4-7-19/h2-4,6-7,16-18,21H,5,8-15H2,1H3,(H,24,27).